The summed E-state index contributed by atoms with van der Waals surface area (Å²) in [6.45, 7) is 16.0. The highest BCUT2D eigenvalue weighted by Crippen LogP contribution is 2.47. The fourth-order valence-corrected chi connectivity index (χ4v) is 3.21. The molecule has 1 unspecified atom stereocenters. The predicted molar refractivity (Wildman–Crippen MR) is 72.3 cm³/mol. The van der Waals surface area contributed by atoms with Gasteiger partial charge >= 0.3 is 0 Å². The SMILES string of the molecule is CC(C1=CC(C)(C)CC(C)(C)C1)C(C)(C)N. The van der Waals surface area contributed by atoms with Crippen LogP contribution in [0.25, 0.3) is 0 Å². The largest absolute Gasteiger partial charge is 0.325 e. The van der Waals surface area contributed by atoms with E-state index >= 15 is 0 Å². The molecule has 0 aromatic rings. The molecule has 1 aliphatic carbocycles. The Morgan fingerprint density at radius 3 is 2.12 bits per heavy atom. The fraction of sp³-hybridized carbons (Fsp3) is 0.867. The zero-order valence-electron chi connectivity index (χ0n) is 12.1. The van der Waals surface area contributed by atoms with Gasteiger partial charge in [-0.25, -0.2) is 0 Å². The van der Waals surface area contributed by atoms with Gasteiger partial charge in [-0.2, -0.15) is 0 Å². The number of hydrogen-bond acceptors (Lipinski definition) is 1. The average molecular weight is 223 g/mol. The molecule has 0 heterocycles. The van der Waals surface area contributed by atoms with Crippen LogP contribution in [0.4, 0.5) is 0 Å². The van der Waals surface area contributed by atoms with Crippen LogP contribution in [-0.4, -0.2) is 5.54 Å². The third-order valence-corrected chi connectivity index (χ3v) is 3.87. The van der Waals surface area contributed by atoms with E-state index < -0.39 is 0 Å². The second kappa shape index (κ2) is 3.87. The Hall–Kier alpha value is -0.300. The van der Waals surface area contributed by atoms with Gasteiger partial charge in [0.2, 0.25) is 0 Å². The quantitative estimate of drug-likeness (QED) is 0.700. The number of hydrogen-bond donors (Lipinski definition) is 1. The van der Waals surface area contributed by atoms with Crippen LogP contribution in [0.5, 0.6) is 0 Å². The van der Waals surface area contributed by atoms with E-state index in [1.807, 2.05) is 0 Å². The van der Waals surface area contributed by atoms with Gasteiger partial charge in [-0.3, -0.25) is 0 Å². The monoisotopic (exact) mass is 223 g/mol. The third-order valence-electron chi connectivity index (χ3n) is 3.87. The third kappa shape index (κ3) is 3.35. The molecule has 0 fully saturated rings. The van der Waals surface area contributed by atoms with Crippen LogP contribution in [0, 0.1) is 16.7 Å². The molecular weight excluding hydrogens is 194 g/mol. The van der Waals surface area contributed by atoms with E-state index in [9.17, 15) is 0 Å². The van der Waals surface area contributed by atoms with Crippen LogP contribution in [-0.2, 0) is 0 Å². The van der Waals surface area contributed by atoms with E-state index in [2.05, 4.69) is 54.5 Å². The highest BCUT2D eigenvalue weighted by Gasteiger charge is 2.36. The summed E-state index contributed by atoms with van der Waals surface area (Å²) >= 11 is 0. The first kappa shape index (κ1) is 13.8. The first-order valence-corrected chi connectivity index (χ1v) is 6.43. The summed E-state index contributed by atoms with van der Waals surface area (Å²) < 4.78 is 0. The predicted octanol–water partition coefficient (Wildman–Crippen LogP) is 4.13. The standard InChI is InChI=1S/C15H29N/c1-11(15(6,7)16)12-8-13(2,3)10-14(4,5)9-12/h8,11H,9-10,16H2,1-7H3. The molecule has 1 rings (SSSR count). The van der Waals surface area contributed by atoms with Crippen molar-refractivity contribution < 1.29 is 0 Å². The first-order chi connectivity index (χ1) is 6.93. The highest BCUT2D eigenvalue weighted by atomic mass is 14.7. The molecule has 0 aromatic heterocycles. The second-order valence-electron chi connectivity index (χ2n) is 7.77. The van der Waals surface area contributed by atoms with Crippen LogP contribution in [0.1, 0.15) is 61.3 Å². The molecule has 0 saturated heterocycles. The van der Waals surface area contributed by atoms with Crippen molar-refractivity contribution in [3.63, 3.8) is 0 Å². The van der Waals surface area contributed by atoms with Gasteiger partial charge in [0, 0.05) is 5.54 Å². The summed E-state index contributed by atoms with van der Waals surface area (Å²) in [5.74, 6) is 0.464. The Kier molecular flexibility index (Phi) is 3.33. The summed E-state index contributed by atoms with van der Waals surface area (Å²) in [5, 5.41) is 0. The van der Waals surface area contributed by atoms with Gasteiger partial charge in [0.15, 0.2) is 0 Å². The minimum atomic E-state index is -0.116. The summed E-state index contributed by atoms with van der Waals surface area (Å²) in [7, 11) is 0. The van der Waals surface area contributed by atoms with E-state index in [1.165, 1.54) is 12.8 Å². The maximum absolute atomic E-state index is 6.25. The molecule has 1 heteroatoms. The van der Waals surface area contributed by atoms with Crippen molar-refractivity contribution in [2.75, 3.05) is 0 Å². The normalized spacial score (nSPS) is 26.1. The van der Waals surface area contributed by atoms with E-state index in [1.54, 1.807) is 5.57 Å². The highest BCUT2D eigenvalue weighted by molar-refractivity contribution is 5.20. The van der Waals surface area contributed by atoms with Gasteiger partial charge < -0.3 is 5.73 Å². The Balaban J connectivity index is 3.01. The minimum absolute atomic E-state index is 0.116. The molecule has 1 nitrogen and oxygen atoms in total. The number of rotatable bonds is 2. The Labute approximate surface area is 101 Å². The van der Waals surface area contributed by atoms with Crippen LogP contribution in [0.2, 0.25) is 0 Å². The summed E-state index contributed by atoms with van der Waals surface area (Å²) in [5.41, 5.74) is 8.41. The van der Waals surface area contributed by atoms with Crippen LogP contribution in [0.3, 0.4) is 0 Å². The van der Waals surface area contributed by atoms with Crippen LogP contribution in [0.15, 0.2) is 11.6 Å². The lowest BCUT2D eigenvalue weighted by Gasteiger charge is -2.43. The first-order valence-electron chi connectivity index (χ1n) is 6.43. The van der Waals surface area contributed by atoms with Crippen LogP contribution >= 0.6 is 0 Å². The molecule has 1 atom stereocenters. The molecule has 0 aliphatic heterocycles. The number of nitrogens with two attached hydrogens (primary N) is 1. The van der Waals surface area contributed by atoms with Crippen molar-refractivity contribution in [2.45, 2.75) is 66.8 Å². The van der Waals surface area contributed by atoms with Crippen molar-refractivity contribution in [1.29, 1.82) is 0 Å². The maximum atomic E-state index is 6.25. The molecule has 0 aromatic carbocycles. The molecule has 0 spiro atoms. The van der Waals surface area contributed by atoms with Crippen molar-refractivity contribution in [3.05, 3.63) is 11.6 Å². The lowest BCUT2D eigenvalue weighted by atomic mass is 9.63. The lowest BCUT2D eigenvalue weighted by Crippen LogP contribution is -2.42. The molecule has 0 bridgehead atoms. The zero-order valence-corrected chi connectivity index (χ0v) is 12.1. The average Bonchev–Trinajstić information content (AvgIpc) is 1.94. The second-order valence-corrected chi connectivity index (χ2v) is 7.77. The Morgan fingerprint density at radius 2 is 1.75 bits per heavy atom. The van der Waals surface area contributed by atoms with Gasteiger partial charge in [-0.15, -0.1) is 0 Å². The van der Waals surface area contributed by atoms with Crippen molar-refractivity contribution in [1.82, 2.24) is 0 Å². The van der Waals surface area contributed by atoms with Gasteiger partial charge in [0.05, 0.1) is 0 Å². The molecule has 2 N–H and O–H groups in total. The van der Waals surface area contributed by atoms with Crippen molar-refractivity contribution in [2.24, 2.45) is 22.5 Å². The van der Waals surface area contributed by atoms with Gasteiger partial charge in [-0.05, 0) is 43.4 Å². The molecular formula is C15H29N. The maximum Gasteiger partial charge on any atom is 0.0160 e. The van der Waals surface area contributed by atoms with Crippen molar-refractivity contribution >= 4 is 0 Å². The smallest absolute Gasteiger partial charge is 0.0160 e. The van der Waals surface area contributed by atoms with Gasteiger partial charge in [-0.1, -0.05) is 46.3 Å². The number of allylic oxidation sites excluding steroid dienone is 1. The topological polar surface area (TPSA) is 26.0 Å². The fourth-order valence-electron chi connectivity index (χ4n) is 3.21. The summed E-state index contributed by atoms with van der Waals surface area (Å²) in [6.07, 6.45) is 4.93. The zero-order chi connectivity index (χ0) is 12.8. The Morgan fingerprint density at radius 1 is 1.25 bits per heavy atom. The van der Waals surface area contributed by atoms with Gasteiger partial charge in [0.1, 0.15) is 0 Å². The van der Waals surface area contributed by atoms with E-state index in [0.29, 0.717) is 16.7 Å². The molecule has 94 valence electrons. The minimum Gasteiger partial charge on any atom is -0.325 e. The molecule has 1 aliphatic rings. The van der Waals surface area contributed by atoms with Crippen LogP contribution < -0.4 is 5.73 Å². The van der Waals surface area contributed by atoms with E-state index in [0.717, 1.165) is 0 Å². The molecule has 0 amide bonds. The summed E-state index contributed by atoms with van der Waals surface area (Å²) in [6, 6.07) is 0. The molecule has 0 saturated carbocycles. The Bertz CT molecular complexity index is 289. The molecule has 16 heavy (non-hydrogen) atoms. The summed E-state index contributed by atoms with van der Waals surface area (Å²) in [4.78, 5) is 0. The van der Waals surface area contributed by atoms with Gasteiger partial charge in [0.25, 0.3) is 0 Å². The molecule has 0 radical (unpaired) electrons. The van der Waals surface area contributed by atoms with Crippen molar-refractivity contribution in [3.8, 4) is 0 Å². The van der Waals surface area contributed by atoms with E-state index in [-0.39, 0.29) is 5.54 Å². The van der Waals surface area contributed by atoms with E-state index in [4.69, 9.17) is 5.73 Å². The lowest BCUT2D eigenvalue weighted by molar-refractivity contribution is 0.198.